The molecule has 31 heavy (non-hydrogen) atoms. The molecule has 1 saturated heterocycles. The van der Waals surface area contributed by atoms with Crippen LogP contribution < -0.4 is 10.2 Å². The Labute approximate surface area is 187 Å². The van der Waals surface area contributed by atoms with Gasteiger partial charge in [0.2, 0.25) is 5.91 Å². The number of nitrogens with zero attached hydrogens (tertiary/aromatic N) is 2. The number of aryl methyl sites for hydroxylation is 3. The van der Waals surface area contributed by atoms with Gasteiger partial charge in [0.1, 0.15) is 16.7 Å². The molecule has 2 amide bonds. The first kappa shape index (κ1) is 22.4. The molecule has 2 aromatic carbocycles. The molecule has 0 spiro atoms. The lowest BCUT2D eigenvalue weighted by molar-refractivity contribution is -0.117. The molecule has 0 bridgehead atoms. The molecule has 1 aliphatic heterocycles. The minimum absolute atomic E-state index is 0.0642. The zero-order valence-corrected chi connectivity index (χ0v) is 18.8. The average molecular weight is 432 g/mol. The van der Waals surface area contributed by atoms with Crippen molar-refractivity contribution in [3.63, 3.8) is 0 Å². The summed E-state index contributed by atoms with van der Waals surface area (Å²) in [6.07, 6.45) is 2.07. The first-order valence-corrected chi connectivity index (χ1v) is 10.9. The third-order valence-electron chi connectivity index (χ3n) is 5.33. The van der Waals surface area contributed by atoms with Crippen LogP contribution in [0, 0.1) is 32.1 Å². The lowest BCUT2D eigenvalue weighted by atomic mass is 10.0. The van der Waals surface area contributed by atoms with Gasteiger partial charge in [0.25, 0.3) is 5.91 Å². The van der Waals surface area contributed by atoms with E-state index in [1.54, 1.807) is 6.08 Å². The quantitative estimate of drug-likeness (QED) is 0.419. The van der Waals surface area contributed by atoms with Crippen molar-refractivity contribution in [3.8, 4) is 6.07 Å². The van der Waals surface area contributed by atoms with Gasteiger partial charge in [-0.05, 0) is 61.6 Å². The van der Waals surface area contributed by atoms with E-state index >= 15 is 0 Å². The van der Waals surface area contributed by atoms with Crippen molar-refractivity contribution in [3.05, 3.63) is 88.0 Å². The molecule has 0 saturated carbocycles. The molecule has 1 fully saturated rings. The molecule has 0 aliphatic carbocycles. The fourth-order valence-corrected chi connectivity index (χ4v) is 4.67. The van der Waals surface area contributed by atoms with E-state index in [9.17, 15) is 14.9 Å². The van der Waals surface area contributed by atoms with E-state index in [0.29, 0.717) is 17.1 Å². The molecule has 158 valence electrons. The molecular formula is C25H25N3O2S. The zero-order chi connectivity index (χ0) is 22.5. The Morgan fingerprint density at radius 3 is 2.58 bits per heavy atom. The number of anilines is 1. The fraction of sp³-hybridized carbons (Fsp3) is 0.240. The molecule has 1 aliphatic rings. The van der Waals surface area contributed by atoms with Crippen LogP contribution in [0.4, 0.5) is 5.69 Å². The molecule has 1 N–H and O–H groups in total. The maximum atomic E-state index is 13.5. The fourth-order valence-electron chi connectivity index (χ4n) is 3.38. The number of rotatable bonds is 6. The summed E-state index contributed by atoms with van der Waals surface area (Å²) in [5.74, 6) is -0.640. The first-order chi connectivity index (χ1) is 14.9. The first-order valence-electron chi connectivity index (χ1n) is 10.0. The monoisotopic (exact) mass is 431 g/mol. The summed E-state index contributed by atoms with van der Waals surface area (Å²) in [5.41, 5.74) is 4.92. The number of amides is 2. The third kappa shape index (κ3) is 4.73. The highest BCUT2D eigenvalue weighted by Crippen LogP contribution is 2.42. The van der Waals surface area contributed by atoms with E-state index in [1.165, 1.54) is 16.7 Å². The van der Waals surface area contributed by atoms with Crippen molar-refractivity contribution in [2.75, 3.05) is 11.4 Å². The topological polar surface area (TPSA) is 73.2 Å². The Bertz CT molecular complexity index is 1110. The number of thioether (sulfide) groups is 1. The van der Waals surface area contributed by atoms with Crippen molar-refractivity contribution >= 4 is 29.3 Å². The van der Waals surface area contributed by atoms with Gasteiger partial charge in [-0.1, -0.05) is 48.2 Å². The second-order valence-electron chi connectivity index (χ2n) is 7.47. The van der Waals surface area contributed by atoms with Gasteiger partial charge in [0.15, 0.2) is 0 Å². The van der Waals surface area contributed by atoms with Gasteiger partial charge in [-0.2, -0.15) is 5.26 Å². The van der Waals surface area contributed by atoms with Crippen LogP contribution in [0.15, 0.2) is 65.7 Å². The Balaban J connectivity index is 2.07. The molecule has 3 rings (SSSR count). The van der Waals surface area contributed by atoms with Gasteiger partial charge >= 0.3 is 0 Å². The highest BCUT2D eigenvalue weighted by molar-refractivity contribution is 8.05. The van der Waals surface area contributed by atoms with Crippen LogP contribution in [0.25, 0.3) is 0 Å². The van der Waals surface area contributed by atoms with Crippen LogP contribution in [-0.4, -0.2) is 23.6 Å². The molecular weight excluding hydrogens is 406 g/mol. The van der Waals surface area contributed by atoms with Crippen molar-refractivity contribution in [1.82, 2.24) is 5.32 Å². The van der Waals surface area contributed by atoms with Gasteiger partial charge in [0.05, 0.1) is 5.25 Å². The van der Waals surface area contributed by atoms with Gasteiger partial charge in [-0.3, -0.25) is 14.5 Å². The van der Waals surface area contributed by atoms with E-state index < -0.39 is 11.2 Å². The minimum atomic E-state index is -0.511. The summed E-state index contributed by atoms with van der Waals surface area (Å²) in [7, 11) is 0. The predicted molar refractivity (Wildman–Crippen MR) is 126 cm³/mol. The van der Waals surface area contributed by atoms with E-state index in [1.807, 2.05) is 69.3 Å². The molecule has 2 aromatic rings. The molecule has 1 unspecified atom stereocenters. The number of benzene rings is 2. The summed E-state index contributed by atoms with van der Waals surface area (Å²) in [6, 6.07) is 15.7. The van der Waals surface area contributed by atoms with Crippen LogP contribution in [-0.2, 0) is 16.0 Å². The standard InChI is InChI=1S/C25H25N3O2S/c1-5-12-27-23(29)21(15-26)25-28(20-11-10-16(2)18(4)13-20)24(30)22(31-25)14-19-9-7-6-8-17(19)3/h5-11,13,22H,1,12,14H2,2-4H3,(H,27,29)/b25-21-. The molecule has 5 nitrogen and oxygen atoms in total. The van der Waals surface area contributed by atoms with Crippen LogP contribution >= 0.6 is 11.8 Å². The summed E-state index contributed by atoms with van der Waals surface area (Å²) < 4.78 is 0. The number of nitrogens with one attached hydrogen (secondary N) is 1. The maximum absolute atomic E-state index is 13.5. The van der Waals surface area contributed by atoms with Crippen LogP contribution in [0.1, 0.15) is 22.3 Å². The van der Waals surface area contributed by atoms with Crippen molar-refractivity contribution in [2.24, 2.45) is 0 Å². The second-order valence-corrected chi connectivity index (χ2v) is 8.66. The average Bonchev–Trinajstić information content (AvgIpc) is 3.06. The second kappa shape index (κ2) is 9.67. The molecule has 1 heterocycles. The summed E-state index contributed by atoms with van der Waals surface area (Å²) in [6.45, 7) is 9.82. The van der Waals surface area contributed by atoms with E-state index in [-0.39, 0.29) is 18.0 Å². The van der Waals surface area contributed by atoms with Gasteiger partial charge < -0.3 is 5.32 Å². The Kier molecular flexibility index (Phi) is 6.98. The number of nitriles is 1. The lowest BCUT2D eigenvalue weighted by Gasteiger charge is -2.20. The molecule has 1 atom stereocenters. The van der Waals surface area contributed by atoms with Gasteiger partial charge in [0, 0.05) is 12.2 Å². The summed E-state index contributed by atoms with van der Waals surface area (Å²) in [4.78, 5) is 27.7. The van der Waals surface area contributed by atoms with Gasteiger partial charge in [-0.25, -0.2) is 0 Å². The van der Waals surface area contributed by atoms with Crippen LogP contribution in [0.3, 0.4) is 0 Å². The Morgan fingerprint density at radius 1 is 1.19 bits per heavy atom. The summed E-state index contributed by atoms with van der Waals surface area (Å²) in [5, 5.41) is 12.4. The number of carbonyl (C=O) groups excluding carboxylic acids is 2. The van der Waals surface area contributed by atoms with Crippen molar-refractivity contribution in [1.29, 1.82) is 5.26 Å². The van der Waals surface area contributed by atoms with Crippen molar-refractivity contribution < 1.29 is 9.59 Å². The van der Waals surface area contributed by atoms with Crippen LogP contribution in [0.5, 0.6) is 0 Å². The van der Waals surface area contributed by atoms with Gasteiger partial charge in [-0.15, -0.1) is 6.58 Å². The highest BCUT2D eigenvalue weighted by Gasteiger charge is 2.41. The van der Waals surface area contributed by atoms with Crippen LogP contribution in [0.2, 0.25) is 0 Å². The number of hydrogen-bond acceptors (Lipinski definition) is 4. The Hall–Kier alpha value is -3.30. The number of hydrogen-bond donors (Lipinski definition) is 1. The maximum Gasteiger partial charge on any atom is 0.264 e. The minimum Gasteiger partial charge on any atom is -0.348 e. The van der Waals surface area contributed by atoms with E-state index in [2.05, 4.69) is 11.9 Å². The summed E-state index contributed by atoms with van der Waals surface area (Å²) >= 11 is 1.28. The number of carbonyl (C=O) groups is 2. The zero-order valence-electron chi connectivity index (χ0n) is 17.9. The van der Waals surface area contributed by atoms with E-state index in [4.69, 9.17) is 0 Å². The predicted octanol–water partition coefficient (Wildman–Crippen LogP) is 4.34. The largest absolute Gasteiger partial charge is 0.348 e. The smallest absolute Gasteiger partial charge is 0.264 e. The Morgan fingerprint density at radius 2 is 1.94 bits per heavy atom. The highest BCUT2D eigenvalue weighted by atomic mass is 32.2. The third-order valence-corrected chi connectivity index (χ3v) is 6.59. The molecule has 0 aromatic heterocycles. The lowest BCUT2D eigenvalue weighted by Crippen LogP contribution is -2.32. The SMILES string of the molecule is C=CCNC(=O)/C(C#N)=C1\SC(Cc2ccccc2C)C(=O)N1c1ccc(C)c(C)c1. The van der Waals surface area contributed by atoms with E-state index in [0.717, 1.165) is 22.3 Å². The normalized spacial score (nSPS) is 17.3. The van der Waals surface area contributed by atoms with Crippen molar-refractivity contribution in [2.45, 2.75) is 32.4 Å². The molecule has 6 heteroatoms. The molecule has 0 radical (unpaired) electrons.